The van der Waals surface area contributed by atoms with Gasteiger partial charge in [0.25, 0.3) is 0 Å². The Bertz CT molecular complexity index is 1200. The summed E-state index contributed by atoms with van der Waals surface area (Å²) in [7, 11) is 1.90. The van der Waals surface area contributed by atoms with E-state index in [-0.39, 0.29) is 0 Å². The standard InChI is InChI=1S/C30H44N6O2/c1-19-14-25(20(2)28(32-19)34(5)31-4)35-13-6-24-23(17-35)21(3)33-36(24)18-29-7-10-30(11-8-29,12-9-29)22-15-26(37)27(38)16-22/h14,22,26-27,37-38H,4,6-13,15-18H2,1-3,5H3/t26-,27-,29?,30?/m0/s1. The second kappa shape index (κ2) is 9.33. The topological polar surface area (TPSA) is 90.0 Å². The van der Waals surface area contributed by atoms with E-state index < -0.39 is 12.2 Å². The van der Waals surface area contributed by atoms with Crippen molar-refractivity contribution in [3.05, 3.63) is 34.3 Å². The highest BCUT2D eigenvalue weighted by atomic mass is 16.3. The SMILES string of the molecule is C=NN(C)c1nc(C)cc(N2CCc3c(c(C)nn3CC34CCC(C5C[C@H](O)[C@@H](O)C5)(CC3)CC4)C2)c1C. The second-order valence-corrected chi connectivity index (χ2v) is 12.9. The molecule has 0 radical (unpaired) electrons. The summed E-state index contributed by atoms with van der Waals surface area (Å²) in [5, 5.41) is 31.3. The van der Waals surface area contributed by atoms with Gasteiger partial charge >= 0.3 is 0 Å². The normalized spacial score (nSPS) is 31.1. The first kappa shape index (κ1) is 25.8. The highest BCUT2D eigenvalue weighted by Crippen LogP contribution is 2.62. The van der Waals surface area contributed by atoms with Gasteiger partial charge in [-0.3, -0.25) is 9.69 Å². The second-order valence-electron chi connectivity index (χ2n) is 12.9. The summed E-state index contributed by atoms with van der Waals surface area (Å²) in [6.07, 6.45) is 9.00. The Morgan fingerprint density at radius 2 is 1.74 bits per heavy atom. The van der Waals surface area contributed by atoms with Gasteiger partial charge in [-0.15, -0.1) is 0 Å². The molecule has 3 heterocycles. The molecule has 38 heavy (non-hydrogen) atoms. The van der Waals surface area contributed by atoms with Crippen LogP contribution in [0.25, 0.3) is 0 Å². The lowest BCUT2D eigenvalue weighted by Crippen LogP contribution is -2.47. The summed E-state index contributed by atoms with van der Waals surface area (Å²) in [5.74, 6) is 1.35. The van der Waals surface area contributed by atoms with Crippen molar-refractivity contribution in [3.8, 4) is 0 Å². The number of aryl methyl sites for hydroxylation is 2. The third-order valence-corrected chi connectivity index (χ3v) is 10.8. The van der Waals surface area contributed by atoms with Crippen molar-refractivity contribution in [2.45, 2.75) is 104 Å². The number of rotatable bonds is 6. The molecule has 0 aromatic carbocycles. The fourth-order valence-electron chi connectivity index (χ4n) is 8.37. The maximum absolute atomic E-state index is 10.2. The maximum Gasteiger partial charge on any atom is 0.153 e. The molecule has 4 saturated carbocycles. The zero-order valence-corrected chi connectivity index (χ0v) is 23.6. The first-order valence-corrected chi connectivity index (χ1v) is 14.5. The molecular weight excluding hydrogens is 476 g/mol. The van der Waals surface area contributed by atoms with E-state index in [9.17, 15) is 10.2 Å². The summed E-state index contributed by atoms with van der Waals surface area (Å²) in [5.41, 5.74) is 7.99. The number of aliphatic hydroxyl groups excluding tert-OH is 2. The van der Waals surface area contributed by atoms with Crippen molar-refractivity contribution < 1.29 is 10.2 Å². The van der Waals surface area contributed by atoms with Gasteiger partial charge in [-0.05, 0) is 95.0 Å². The number of pyridine rings is 1. The average molecular weight is 521 g/mol. The monoisotopic (exact) mass is 520 g/mol. The van der Waals surface area contributed by atoms with Gasteiger partial charge in [-0.2, -0.15) is 10.2 Å². The molecule has 2 aromatic heterocycles. The Kier molecular flexibility index (Phi) is 6.34. The molecule has 2 bridgehead atoms. The summed E-state index contributed by atoms with van der Waals surface area (Å²) < 4.78 is 2.37. The van der Waals surface area contributed by atoms with Gasteiger partial charge in [0, 0.05) is 68.0 Å². The molecule has 206 valence electrons. The largest absolute Gasteiger partial charge is 0.390 e. The molecule has 2 aromatic rings. The van der Waals surface area contributed by atoms with E-state index in [0.717, 1.165) is 61.7 Å². The molecule has 5 aliphatic rings. The number of nitrogens with zero attached hydrogens (tertiary/aromatic N) is 6. The number of fused-ring (bicyclic) bond motifs is 4. The number of hydrogen-bond donors (Lipinski definition) is 2. The minimum absolute atomic E-state index is 0.342. The van der Waals surface area contributed by atoms with E-state index in [1.54, 1.807) is 5.01 Å². The van der Waals surface area contributed by atoms with Crippen molar-refractivity contribution in [3.63, 3.8) is 0 Å². The van der Waals surface area contributed by atoms with Crippen LogP contribution in [0.15, 0.2) is 11.2 Å². The van der Waals surface area contributed by atoms with Crippen LogP contribution in [0.4, 0.5) is 11.5 Å². The number of aliphatic hydroxyl groups is 2. The molecule has 8 nitrogen and oxygen atoms in total. The van der Waals surface area contributed by atoms with Crippen LogP contribution < -0.4 is 9.91 Å². The fraction of sp³-hybridized carbons (Fsp3) is 0.700. The third-order valence-electron chi connectivity index (χ3n) is 10.8. The van der Waals surface area contributed by atoms with Crippen LogP contribution in [0.3, 0.4) is 0 Å². The van der Waals surface area contributed by atoms with Crippen molar-refractivity contribution in [2.24, 2.45) is 21.8 Å². The van der Waals surface area contributed by atoms with Crippen LogP contribution >= 0.6 is 0 Å². The van der Waals surface area contributed by atoms with Gasteiger partial charge < -0.3 is 15.1 Å². The molecule has 2 atom stereocenters. The summed E-state index contributed by atoms with van der Waals surface area (Å²) in [4.78, 5) is 7.19. The lowest BCUT2D eigenvalue weighted by Gasteiger charge is -2.56. The molecule has 2 N–H and O–H groups in total. The third kappa shape index (κ3) is 4.15. The Morgan fingerprint density at radius 3 is 2.37 bits per heavy atom. The lowest BCUT2D eigenvalue weighted by molar-refractivity contribution is -0.0589. The van der Waals surface area contributed by atoms with Gasteiger partial charge in [0.05, 0.1) is 17.9 Å². The van der Waals surface area contributed by atoms with Crippen LogP contribution in [0, 0.1) is 37.5 Å². The van der Waals surface area contributed by atoms with Crippen LogP contribution in [-0.4, -0.2) is 57.5 Å². The summed E-state index contributed by atoms with van der Waals surface area (Å²) in [6.45, 7) is 12.9. The zero-order valence-electron chi connectivity index (χ0n) is 23.6. The molecule has 7 rings (SSSR count). The predicted octanol–water partition coefficient (Wildman–Crippen LogP) is 4.29. The Hall–Kier alpha value is -2.45. The van der Waals surface area contributed by atoms with Crippen molar-refractivity contribution in [1.82, 2.24) is 14.8 Å². The minimum atomic E-state index is -0.521. The van der Waals surface area contributed by atoms with E-state index in [1.807, 2.05) is 14.0 Å². The summed E-state index contributed by atoms with van der Waals surface area (Å²) in [6, 6.07) is 2.19. The van der Waals surface area contributed by atoms with Crippen molar-refractivity contribution in [1.29, 1.82) is 0 Å². The van der Waals surface area contributed by atoms with Gasteiger partial charge in [0.2, 0.25) is 0 Å². The van der Waals surface area contributed by atoms with Crippen molar-refractivity contribution in [2.75, 3.05) is 23.5 Å². The average Bonchev–Trinajstić information content (AvgIpc) is 3.43. The van der Waals surface area contributed by atoms with Crippen LogP contribution in [0.2, 0.25) is 0 Å². The molecule has 1 aliphatic heterocycles. The molecule has 0 saturated heterocycles. The Balaban J connectivity index is 1.19. The van der Waals surface area contributed by atoms with Crippen LogP contribution in [0.5, 0.6) is 0 Å². The lowest BCUT2D eigenvalue weighted by atomic mass is 9.50. The quantitative estimate of drug-likeness (QED) is 0.436. The van der Waals surface area contributed by atoms with Crippen LogP contribution in [-0.2, 0) is 19.5 Å². The predicted molar refractivity (Wildman–Crippen MR) is 151 cm³/mol. The maximum atomic E-state index is 10.2. The number of aromatic nitrogens is 3. The highest BCUT2D eigenvalue weighted by molar-refractivity contribution is 5.65. The van der Waals surface area contributed by atoms with E-state index in [0.29, 0.717) is 16.7 Å². The van der Waals surface area contributed by atoms with E-state index in [4.69, 9.17) is 10.1 Å². The van der Waals surface area contributed by atoms with Crippen molar-refractivity contribution >= 4 is 18.2 Å². The van der Waals surface area contributed by atoms with E-state index in [1.165, 1.54) is 55.5 Å². The number of hydrazone groups is 1. The van der Waals surface area contributed by atoms with Gasteiger partial charge in [0.15, 0.2) is 5.82 Å². The van der Waals surface area contributed by atoms with Gasteiger partial charge in [-0.1, -0.05) is 0 Å². The Labute approximate surface area is 226 Å². The molecule has 0 spiro atoms. The van der Waals surface area contributed by atoms with Gasteiger partial charge in [-0.25, -0.2) is 4.98 Å². The first-order chi connectivity index (χ1) is 18.1. The highest BCUT2D eigenvalue weighted by Gasteiger charge is 2.54. The molecule has 0 unspecified atom stereocenters. The smallest absolute Gasteiger partial charge is 0.153 e. The molecule has 8 heteroatoms. The van der Waals surface area contributed by atoms with Gasteiger partial charge in [0.1, 0.15) is 0 Å². The van der Waals surface area contributed by atoms with Crippen LogP contribution in [0.1, 0.15) is 79.6 Å². The molecular formula is C30H44N6O2. The molecule has 0 amide bonds. The zero-order chi connectivity index (χ0) is 26.8. The summed E-state index contributed by atoms with van der Waals surface area (Å²) >= 11 is 0. The van der Waals surface area contributed by atoms with E-state index in [2.05, 4.69) is 41.3 Å². The minimum Gasteiger partial charge on any atom is -0.390 e. The first-order valence-electron chi connectivity index (χ1n) is 14.5. The molecule has 4 fully saturated rings. The molecule has 4 aliphatic carbocycles. The fourth-order valence-corrected chi connectivity index (χ4v) is 8.37. The number of hydrogen-bond acceptors (Lipinski definition) is 7. The van der Waals surface area contributed by atoms with E-state index >= 15 is 0 Å². The Morgan fingerprint density at radius 1 is 1.08 bits per heavy atom. The number of anilines is 2.